The zero-order chi connectivity index (χ0) is 8.97. The lowest BCUT2D eigenvalue weighted by Gasteiger charge is -2.02. The van der Waals surface area contributed by atoms with Gasteiger partial charge in [0.2, 0.25) is 0 Å². The van der Waals surface area contributed by atoms with Gasteiger partial charge in [-0.2, -0.15) is 0 Å². The van der Waals surface area contributed by atoms with Crippen LogP contribution in [0.4, 0.5) is 0 Å². The number of Topliss-reactive ketones (excluding diaryl/α,β-unsaturated/α-hetero) is 1. The van der Waals surface area contributed by atoms with Crippen LogP contribution in [0.3, 0.4) is 0 Å². The number of hydrogen-bond acceptors (Lipinski definition) is 2. The molecule has 0 saturated heterocycles. The van der Waals surface area contributed by atoms with Gasteiger partial charge in [-0.3, -0.25) is 4.79 Å². The van der Waals surface area contributed by atoms with Crippen LogP contribution in [-0.2, 0) is 0 Å². The molecule has 1 aromatic rings. The Bertz CT molecular complexity index is 254. The Morgan fingerprint density at radius 1 is 1.42 bits per heavy atom. The average molecular weight is 163 g/mol. The molecule has 2 N–H and O–H groups in total. The summed E-state index contributed by atoms with van der Waals surface area (Å²) < 4.78 is 0. The Balaban J connectivity index is 2.66. The van der Waals surface area contributed by atoms with Gasteiger partial charge in [-0.25, -0.2) is 0 Å². The first-order chi connectivity index (χ1) is 5.70. The first-order valence-electron chi connectivity index (χ1n) is 4.04. The van der Waals surface area contributed by atoms with Gasteiger partial charge in [0.05, 0.1) is 0 Å². The van der Waals surface area contributed by atoms with E-state index in [1.54, 1.807) is 0 Å². The molecule has 2 nitrogen and oxygen atoms in total. The van der Waals surface area contributed by atoms with Crippen LogP contribution in [0.25, 0.3) is 0 Å². The van der Waals surface area contributed by atoms with Crippen LogP contribution in [0.5, 0.6) is 0 Å². The Hall–Kier alpha value is -1.15. The molecule has 0 heterocycles. The quantitative estimate of drug-likeness (QED) is 0.688. The average Bonchev–Trinajstić information content (AvgIpc) is 2.05. The molecule has 64 valence electrons. The number of nitrogens with two attached hydrogens (primary N) is 1. The predicted octanol–water partition coefficient (Wildman–Crippen LogP) is 1.61. The van der Waals surface area contributed by atoms with E-state index in [0.29, 0.717) is 6.42 Å². The van der Waals surface area contributed by atoms with E-state index in [4.69, 9.17) is 5.73 Å². The molecule has 0 aromatic heterocycles. The molecule has 0 saturated carbocycles. The van der Waals surface area contributed by atoms with Crippen LogP contribution in [0.2, 0.25) is 0 Å². The SMILES string of the molecule is C[C@@H](N)CC(=O)c1ccccc1. The molecule has 2 heteroatoms. The second kappa shape index (κ2) is 4.02. The fourth-order valence-corrected chi connectivity index (χ4v) is 1.03. The van der Waals surface area contributed by atoms with Gasteiger partial charge in [0.25, 0.3) is 0 Å². The molecule has 0 spiro atoms. The fraction of sp³-hybridized carbons (Fsp3) is 0.300. The largest absolute Gasteiger partial charge is 0.328 e. The van der Waals surface area contributed by atoms with Crippen molar-refractivity contribution in [2.45, 2.75) is 19.4 Å². The molecule has 0 aliphatic heterocycles. The fourth-order valence-electron chi connectivity index (χ4n) is 1.03. The molecular weight excluding hydrogens is 150 g/mol. The summed E-state index contributed by atoms with van der Waals surface area (Å²) in [5.74, 6) is 0.116. The van der Waals surface area contributed by atoms with Crippen molar-refractivity contribution in [2.75, 3.05) is 0 Å². The van der Waals surface area contributed by atoms with Gasteiger partial charge in [-0.1, -0.05) is 30.3 Å². The molecular formula is C10H13NO. The highest BCUT2D eigenvalue weighted by Gasteiger charge is 2.06. The first kappa shape index (κ1) is 8.94. The standard InChI is InChI=1S/C10H13NO/c1-8(11)7-10(12)9-5-3-2-4-6-9/h2-6,8H,7,11H2,1H3/t8-/m1/s1. The highest BCUT2D eigenvalue weighted by atomic mass is 16.1. The highest BCUT2D eigenvalue weighted by Crippen LogP contribution is 2.03. The third kappa shape index (κ3) is 2.47. The number of carbonyl (C=O) groups is 1. The summed E-state index contributed by atoms with van der Waals surface area (Å²) >= 11 is 0. The molecule has 1 rings (SSSR count). The monoisotopic (exact) mass is 163 g/mol. The lowest BCUT2D eigenvalue weighted by atomic mass is 10.1. The Labute approximate surface area is 72.4 Å². The van der Waals surface area contributed by atoms with Crippen LogP contribution < -0.4 is 5.73 Å². The van der Waals surface area contributed by atoms with Gasteiger partial charge in [-0.15, -0.1) is 0 Å². The van der Waals surface area contributed by atoms with Gasteiger partial charge in [0, 0.05) is 18.0 Å². The van der Waals surface area contributed by atoms with E-state index in [0.717, 1.165) is 5.56 Å². The summed E-state index contributed by atoms with van der Waals surface area (Å²) in [7, 11) is 0. The van der Waals surface area contributed by atoms with E-state index < -0.39 is 0 Å². The summed E-state index contributed by atoms with van der Waals surface area (Å²) in [6.45, 7) is 1.83. The summed E-state index contributed by atoms with van der Waals surface area (Å²) in [4.78, 5) is 11.4. The van der Waals surface area contributed by atoms with E-state index in [-0.39, 0.29) is 11.8 Å². The van der Waals surface area contributed by atoms with Crippen LogP contribution in [0.15, 0.2) is 30.3 Å². The molecule has 0 bridgehead atoms. The molecule has 1 atom stereocenters. The molecule has 0 aliphatic rings. The highest BCUT2D eigenvalue weighted by molar-refractivity contribution is 5.96. The van der Waals surface area contributed by atoms with Crippen molar-refractivity contribution in [1.82, 2.24) is 0 Å². The molecule has 0 radical (unpaired) electrons. The molecule has 1 aromatic carbocycles. The van der Waals surface area contributed by atoms with Crippen molar-refractivity contribution in [3.05, 3.63) is 35.9 Å². The number of hydrogen-bond donors (Lipinski definition) is 1. The van der Waals surface area contributed by atoms with E-state index in [1.807, 2.05) is 37.3 Å². The van der Waals surface area contributed by atoms with Gasteiger partial charge in [0.15, 0.2) is 5.78 Å². The van der Waals surface area contributed by atoms with Crippen molar-refractivity contribution in [3.63, 3.8) is 0 Å². The summed E-state index contributed by atoms with van der Waals surface area (Å²) in [5.41, 5.74) is 6.26. The maximum absolute atomic E-state index is 11.4. The third-order valence-electron chi connectivity index (χ3n) is 1.60. The zero-order valence-electron chi connectivity index (χ0n) is 7.16. The smallest absolute Gasteiger partial charge is 0.164 e. The van der Waals surface area contributed by atoms with Crippen LogP contribution in [-0.4, -0.2) is 11.8 Å². The zero-order valence-corrected chi connectivity index (χ0v) is 7.16. The molecule has 0 unspecified atom stereocenters. The predicted molar refractivity (Wildman–Crippen MR) is 49.0 cm³/mol. The normalized spacial score (nSPS) is 12.5. The van der Waals surface area contributed by atoms with Crippen molar-refractivity contribution in [2.24, 2.45) is 5.73 Å². The first-order valence-corrected chi connectivity index (χ1v) is 4.04. The summed E-state index contributed by atoms with van der Waals surface area (Å²) in [6.07, 6.45) is 0.421. The van der Waals surface area contributed by atoms with Crippen molar-refractivity contribution in [1.29, 1.82) is 0 Å². The molecule has 0 aliphatic carbocycles. The topological polar surface area (TPSA) is 43.1 Å². The Morgan fingerprint density at radius 2 is 2.00 bits per heavy atom. The van der Waals surface area contributed by atoms with Crippen LogP contribution in [0, 0.1) is 0 Å². The van der Waals surface area contributed by atoms with E-state index in [9.17, 15) is 4.79 Å². The van der Waals surface area contributed by atoms with Gasteiger partial charge in [-0.05, 0) is 6.92 Å². The molecule has 0 amide bonds. The number of carbonyl (C=O) groups excluding carboxylic acids is 1. The van der Waals surface area contributed by atoms with Gasteiger partial charge < -0.3 is 5.73 Å². The Kier molecular flexibility index (Phi) is 3.00. The minimum absolute atomic E-state index is 0.0577. The number of ketones is 1. The number of benzene rings is 1. The third-order valence-corrected chi connectivity index (χ3v) is 1.60. The van der Waals surface area contributed by atoms with Crippen LogP contribution in [0.1, 0.15) is 23.7 Å². The number of rotatable bonds is 3. The Morgan fingerprint density at radius 3 is 2.50 bits per heavy atom. The lowest BCUT2D eigenvalue weighted by molar-refractivity contribution is 0.0976. The molecule has 12 heavy (non-hydrogen) atoms. The van der Waals surface area contributed by atoms with Crippen molar-refractivity contribution < 1.29 is 4.79 Å². The van der Waals surface area contributed by atoms with E-state index in [2.05, 4.69) is 0 Å². The van der Waals surface area contributed by atoms with Crippen molar-refractivity contribution in [3.8, 4) is 0 Å². The summed E-state index contributed by atoms with van der Waals surface area (Å²) in [5, 5.41) is 0. The van der Waals surface area contributed by atoms with Crippen LogP contribution >= 0.6 is 0 Å². The van der Waals surface area contributed by atoms with E-state index >= 15 is 0 Å². The van der Waals surface area contributed by atoms with Gasteiger partial charge >= 0.3 is 0 Å². The maximum Gasteiger partial charge on any atom is 0.164 e. The second-order valence-corrected chi connectivity index (χ2v) is 2.97. The minimum Gasteiger partial charge on any atom is -0.328 e. The minimum atomic E-state index is -0.0577. The lowest BCUT2D eigenvalue weighted by Crippen LogP contribution is -2.19. The summed E-state index contributed by atoms with van der Waals surface area (Å²) in [6, 6.07) is 9.17. The second-order valence-electron chi connectivity index (χ2n) is 2.97. The van der Waals surface area contributed by atoms with E-state index in [1.165, 1.54) is 0 Å². The van der Waals surface area contributed by atoms with Gasteiger partial charge in [0.1, 0.15) is 0 Å². The molecule has 0 fully saturated rings. The maximum atomic E-state index is 11.4. The van der Waals surface area contributed by atoms with Crippen molar-refractivity contribution >= 4 is 5.78 Å².